The molecule has 2 rings (SSSR count). The molecule has 1 aromatic carbocycles. The average molecular weight is 344 g/mol. The fourth-order valence-electron chi connectivity index (χ4n) is 2.20. The van der Waals surface area contributed by atoms with Crippen molar-refractivity contribution in [3.8, 4) is 11.5 Å². The van der Waals surface area contributed by atoms with Gasteiger partial charge in [-0.1, -0.05) is 20.3 Å². The van der Waals surface area contributed by atoms with Gasteiger partial charge in [0.15, 0.2) is 11.5 Å². The van der Waals surface area contributed by atoms with Crippen LogP contribution in [0.15, 0.2) is 18.2 Å². The Balaban J connectivity index is 1.93. The van der Waals surface area contributed by atoms with E-state index in [4.69, 9.17) is 5.11 Å². The number of carboxylic acid groups (broad SMARTS) is 1. The second-order valence-electron chi connectivity index (χ2n) is 5.46. The smallest absolute Gasteiger partial charge is 0.480 e. The zero-order valence-corrected chi connectivity index (χ0v) is 13.1. The standard InChI is InChI=1S/C15H18F2N2O5/c1-3-8(2)13(14(21)22)18-7-12(20)19-9-4-5-10-11(6-9)24-15(16,17)23-10/h4-6,8,13,18H,3,7H2,1-2H3,(H,19,20)(H,21,22). The van der Waals surface area contributed by atoms with Crippen LogP contribution >= 0.6 is 0 Å². The highest BCUT2D eigenvalue weighted by Gasteiger charge is 2.43. The molecule has 1 amide bonds. The van der Waals surface area contributed by atoms with Gasteiger partial charge in [0.2, 0.25) is 5.91 Å². The van der Waals surface area contributed by atoms with E-state index in [-0.39, 0.29) is 29.6 Å². The number of nitrogens with one attached hydrogen (secondary N) is 2. The molecule has 0 saturated carbocycles. The van der Waals surface area contributed by atoms with Gasteiger partial charge in [0.1, 0.15) is 6.04 Å². The molecular weight excluding hydrogens is 326 g/mol. The highest BCUT2D eigenvalue weighted by Crippen LogP contribution is 2.42. The van der Waals surface area contributed by atoms with Crippen LogP contribution in [-0.2, 0) is 9.59 Å². The van der Waals surface area contributed by atoms with Crippen molar-refractivity contribution in [3.63, 3.8) is 0 Å². The summed E-state index contributed by atoms with van der Waals surface area (Å²) in [6, 6.07) is 2.98. The van der Waals surface area contributed by atoms with Crippen LogP contribution in [0.2, 0.25) is 0 Å². The molecule has 24 heavy (non-hydrogen) atoms. The molecule has 2 atom stereocenters. The lowest BCUT2D eigenvalue weighted by atomic mass is 9.99. The third-order valence-corrected chi connectivity index (χ3v) is 3.65. The summed E-state index contributed by atoms with van der Waals surface area (Å²) in [5, 5.41) is 14.3. The fourth-order valence-corrected chi connectivity index (χ4v) is 2.20. The van der Waals surface area contributed by atoms with Crippen LogP contribution in [0.4, 0.5) is 14.5 Å². The van der Waals surface area contributed by atoms with Crippen molar-refractivity contribution in [2.75, 3.05) is 11.9 Å². The summed E-state index contributed by atoms with van der Waals surface area (Å²) < 4.78 is 34.4. The number of rotatable bonds is 7. The number of alkyl halides is 2. The Bertz CT molecular complexity index is 638. The van der Waals surface area contributed by atoms with Gasteiger partial charge in [0.25, 0.3) is 0 Å². The molecule has 2 unspecified atom stereocenters. The Kier molecular flexibility index (Phi) is 5.23. The molecule has 1 aliphatic rings. The van der Waals surface area contributed by atoms with E-state index >= 15 is 0 Å². The van der Waals surface area contributed by atoms with Crippen molar-refractivity contribution < 1.29 is 33.0 Å². The zero-order valence-electron chi connectivity index (χ0n) is 13.1. The van der Waals surface area contributed by atoms with Crippen LogP contribution in [0.3, 0.4) is 0 Å². The van der Waals surface area contributed by atoms with Crippen molar-refractivity contribution in [1.82, 2.24) is 5.32 Å². The number of carbonyl (C=O) groups is 2. The van der Waals surface area contributed by atoms with Crippen molar-refractivity contribution in [2.24, 2.45) is 5.92 Å². The Labute approximate surface area is 136 Å². The summed E-state index contributed by atoms with van der Waals surface area (Å²) in [6.45, 7) is 3.39. The molecule has 1 aromatic rings. The van der Waals surface area contributed by atoms with E-state index in [1.165, 1.54) is 18.2 Å². The van der Waals surface area contributed by atoms with Gasteiger partial charge in [-0.3, -0.25) is 14.9 Å². The van der Waals surface area contributed by atoms with E-state index in [1.807, 2.05) is 6.92 Å². The lowest BCUT2D eigenvalue weighted by Gasteiger charge is -2.19. The Morgan fingerprint density at radius 1 is 1.29 bits per heavy atom. The number of anilines is 1. The average Bonchev–Trinajstić information content (AvgIpc) is 2.79. The molecule has 0 aliphatic carbocycles. The van der Waals surface area contributed by atoms with E-state index in [9.17, 15) is 18.4 Å². The second kappa shape index (κ2) is 7.00. The van der Waals surface area contributed by atoms with E-state index in [1.54, 1.807) is 6.92 Å². The molecule has 7 nitrogen and oxygen atoms in total. The van der Waals surface area contributed by atoms with E-state index in [0.717, 1.165) is 0 Å². The molecule has 1 aliphatic heterocycles. The van der Waals surface area contributed by atoms with Gasteiger partial charge in [0, 0.05) is 11.8 Å². The van der Waals surface area contributed by atoms with Gasteiger partial charge in [-0.25, -0.2) is 0 Å². The van der Waals surface area contributed by atoms with Crippen molar-refractivity contribution in [2.45, 2.75) is 32.6 Å². The van der Waals surface area contributed by atoms with Gasteiger partial charge >= 0.3 is 12.3 Å². The quantitative estimate of drug-likeness (QED) is 0.700. The molecule has 9 heteroatoms. The first kappa shape index (κ1) is 17.9. The van der Waals surface area contributed by atoms with Crippen LogP contribution in [0.1, 0.15) is 20.3 Å². The predicted octanol–water partition coefficient (Wildman–Crippen LogP) is 2.04. The number of fused-ring (bicyclic) bond motifs is 1. The van der Waals surface area contributed by atoms with Crippen LogP contribution in [0.5, 0.6) is 11.5 Å². The maximum atomic E-state index is 12.9. The van der Waals surface area contributed by atoms with Gasteiger partial charge in [-0.2, -0.15) is 0 Å². The number of ether oxygens (including phenoxy) is 2. The molecule has 1 heterocycles. The number of benzene rings is 1. The summed E-state index contributed by atoms with van der Waals surface area (Å²) in [4.78, 5) is 23.1. The van der Waals surface area contributed by atoms with Crippen LogP contribution in [0.25, 0.3) is 0 Å². The molecule has 3 N–H and O–H groups in total. The second-order valence-corrected chi connectivity index (χ2v) is 5.46. The SMILES string of the molecule is CCC(C)C(NCC(=O)Nc1ccc2c(c1)OC(F)(F)O2)C(=O)O. The molecule has 0 saturated heterocycles. The summed E-state index contributed by atoms with van der Waals surface area (Å²) in [5.74, 6) is -2.01. The number of aliphatic carboxylic acids is 1. The van der Waals surface area contributed by atoms with E-state index in [0.29, 0.717) is 6.42 Å². The summed E-state index contributed by atoms with van der Waals surface area (Å²) >= 11 is 0. The minimum absolute atomic E-state index is 0.126. The zero-order chi connectivity index (χ0) is 17.9. The van der Waals surface area contributed by atoms with Gasteiger partial charge < -0.3 is 19.9 Å². The lowest BCUT2D eigenvalue weighted by Crippen LogP contribution is -2.45. The molecule has 0 aromatic heterocycles. The third kappa shape index (κ3) is 4.31. The van der Waals surface area contributed by atoms with Crippen molar-refractivity contribution >= 4 is 17.6 Å². The molecule has 0 bridgehead atoms. The third-order valence-electron chi connectivity index (χ3n) is 3.65. The fraction of sp³-hybridized carbons (Fsp3) is 0.467. The maximum absolute atomic E-state index is 12.9. The summed E-state index contributed by atoms with van der Waals surface area (Å²) in [7, 11) is 0. The van der Waals surface area contributed by atoms with Gasteiger partial charge in [-0.05, 0) is 18.1 Å². The normalized spacial score (nSPS) is 17.2. The predicted molar refractivity (Wildman–Crippen MR) is 80.2 cm³/mol. The molecule has 0 spiro atoms. The van der Waals surface area contributed by atoms with Crippen LogP contribution in [-0.4, -0.2) is 35.9 Å². The number of halogens is 2. The van der Waals surface area contributed by atoms with Crippen molar-refractivity contribution in [3.05, 3.63) is 18.2 Å². The number of amides is 1. The highest BCUT2D eigenvalue weighted by atomic mass is 19.3. The minimum atomic E-state index is -3.72. The number of carboxylic acids is 1. The maximum Gasteiger partial charge on any atom is 0.586 e. The van der Waals surface area contributed by atoms with Crippen molar-refractivity contribution in [1.29, 1.82) is 0 Å². The number of hydrogen-bond donors (Lipinski definition) is 3. The largest absolute Gasteiger partial charge is 0.586 e. The van der Waals surface area contributed by atoms with Crippen LogP contribution in [0, 0.1) is 5.92 Å². The highest BCUT2D eigenvalue weighted by molar-refractivity contribution is 5.93. The Morgan fingerprint density at radius 3 is 2.58 bits per heavy atom. The first-order chi connectivity index (χ1) is 11.2. The Hall–Kier alpha value is -2.42. The monoisotopic (exact) mass is 344 g/mol. The molecule has 0 fully saturated rings. The van der Waals surface area contributed by atoms with Crippen LogP contribution < -0.4 is 20.1 Å². The van der Waals surface area contributed by atoms with Gasteiger partial charge in [-0.15, -0.1) is 8.78 Å². The lowest BCUT2D eigenvalue weighted by molar-refractivity contribution is -0.286. The molecule has 0 radical (unpaired) electrons. The minimum Gasteiger partial charge on any atom is -0.480 e. The summed E-state index contributed by atoms with van der Waals surface area (Å²) in [5.41, 5.74) is 0.234. The Morgan fingerprint density at radius 2 is 1.96 bits per heavy atom. The number of carbonyl (C=O) groups excluding carboxylic acids is 1. The summed E-state index contributed by atoms with van der Waals surface area (Å²) in [6.07, 6.45) is -3.08. The first-order valence-corrected chi connectivity index (χ1v) is 7.37. The first-order valence-electron chi connectivity index (χ1n) is 7.37. The van der Waals surface area contributed by atoms with E-state index < -0.39 is 24.2 Å². The molecular formula is C15H18F2N2O5. The molecule has 132 valence electrons. The topological polar surface area (TPSA) is 96.9 Å². The number of hydrogen-bond acceptors (Lipinski definition) is 5. The van der Waals surface area contributed by atoms with E-state index in [2.05, 4.69) is 20.1 Å². The van der Waals surface area contributed by atoms with Gasteiger partial charge in [0.05, 0.1) is 6.54 Å².